The summed E-state index contributed by atoms with van der Waals surface area (Å²) in [5.41, 5.74) is -0.124. The van der Waals surface area contributed by atoms with E-state index in [0.29, 0.717) is 34.8 Å². The molecule has 0 bridgehead atoms. The molecular formula is C20H17ClN2O4. The molecule has 3 aromatic rings. The fraction of sp³-hybridized carbons (Fsp3) is 0.250. The number of nitrogens with zero attached hydrogens (tertiary/aromatic N) is 2. The van der Waals surface area contributed by atoms with Gasteiger partial charge in [-0.1, -0.05) is 29.8 Å². The number of ether oxygens (including phenoxy) is 1. The van der Waals surface area contributed by atoms with E-state index in [1.807, 2.05) is 12.1 Å². The zero-order chi connectivity index (χ0) is 18.8. The molecule has 1 amide bonds. The molecule has 0 saturated carbocycles. The standard InChI is InChI=1S/C20H17ClN2O4/c21-16-11-22-8-7-18(16)26-14-5-3-9-23(12-14)19(24)15-10-13-4-1-2-6-17(13)27-20(15)25/h1-2,4,6-8,10-11,14H,3,5,9,12H2/t14-/m0/s1. The monoisotopic (exact) mass is 384 g/mol. The van der Waals surface area contributed by atoms with E-state index < -0.39 is 5.63 Å². The first-order valence-electron chi connectivity index (χ1n) is 8.70. The van der Waals surface area contributed by atoms with Crippen LogP contribution in [0, 0.1) is 0 Å². The van der Waals surface area contributed by atoms with Gasteiger partial charge in [-0.3, -0.25) is 9.78 Å². The van der Waals surface area contributed by atoms with Crippen molar-refractivity contribution in [3.63, 3.8) is 0 Å². The lowest BCUT2D eigenvalue weighted by atomic mass is 10.1. The summed E-state index contributed by atoms with van der Waals surface area (Å²) in [5.74, 6) is 0.194. The first-order valence-corrected chi connectivity index (χ1v) is 9.08. The number of pyridine rings is 1. The highest BCUT2D eigenvalue weighted by Crippen LogP contribution is 2.26. The van der Waals surface area contributed by atoms with E-state index in [9.17, 15) is 9.59 Å². The summed E-state index contributed by atoms with van der Waals surface area (Å²) < 4.78 is 11.2. The van der Waals surface area contributed by atoms with Gasteiger partial charge in [-0.25, -0.2) is 4.79 Å². The molecule has 4 rings (SSSR count). The fourth-order valence-corrected chi connectivity index (χ4v) is 3.40. The minimum absolute atomic E-state index is 0.0382. The van der Waals surface area contributed by atoms with Gasteiger partial charge < -0.3 is 14.1 Å². The van der Waals surface area contributed by atoms with Gasteiger partial charge in [0.15, 0.2) is 0 Å². The average molecular weight is 385 g/mol. The lowest BCUT2D eigenvalue weighted by molar-refractivity contribution is 0.0534. The number of amides is 1. The minimum Gasteiger partial charge on any atom is -0.487 e. The summed E-state index contributed by atoms with van der Waals surface area (Å²) in [6.07, 6.45) is 4.50. The van der Waals surface area contributed by atoms with Gasteiger partial charge in [0.2, 0.25) is 0 Å². The molecule has 2 aromatic heterocycles. The molecule has 6 nitrogen and oxygen atoms in total. The summed E-state index contributed by atoms with van der Waals surface area (Å²) >= 11 is 6.09. The Bertz CT molecular complexity index is 1050. The maximum absolute atomic E-state index is 12.9. The Labute approximate surface area is 160 Å². The van der Waals surface area contributed by atoms with Crippen LogP contribution in [0.5, 0.6) is 5.75 Å². The van der Waals surface area contributed by atoms with Crippen LogP contribution in [-0.2, 0) is 0 Å². The molecule has 27 heavy (non-hydrogen) atoms. The number of aromatic nitrogens is 1. The lowest BCUT2D eigenvalue weighted by Gasteiger charge is -2.32. The quantitative estimate of drug-likeness (QED) is 0.646. The van der Waals surface area contributed by atoms with E-state index in [1.54, 1.807) is 35.4 Å². The second-order valence-corrected chi connectivity index (χ2v) is 6.83. The molecule has 0 aliphatic carbocycles. The molecular weight excluding hydrogens is 368 g/mol. The molecule has 1 fully saturated rings. The third kappa shape index (κ3) is 3.66. The summed E-state index contributed by atoms with van der Waals surface area (Å²) in [7, 11) is 0. The van der Waals surface area contributed by atoms with Crippen molar-refractivity contribution in [2.75, 3.05) is 13.1 Å². The molecule has 1 aliphatic heterocycles. The van der Waals surface area contributed by atoms with Crippen molar-refractivity contribution in [3.8, 4) is 5.75 Å². The highest BCUT2D eigenvalue weighted by Gasteiger charge is 2.28. The second-order valence-electron chi connectivity index (χ2n) is 6.42. The van der Waals surface area contributed by atoms with Gasteiger partial charge in [-0.05, 0) is 25.0 Å². The number of hydrogen-bond acceptors (Lipinski definition) is 5. The first-order chi connectivity index (χ1) is 13.1. The van der Waals surface area contributed by atoms with Crippen LogP contribution in [0.15, 0.2) is 58.0 Å². The molecule has 138 valence electrons. The van der Waals surface area contributed by atoms with Crippen molar-refractivity contribution in [1.29, 1.82) is 0 Å². The van der Waals surface area contributed by atoms with Crippen LogP contribution in [-0.4, -0.2) is 35.0 Å². The Kier molecular flexibility index (Phi) is 4.81. The molecule has 0 unspecified atom stereocenters. The minimum atomic E-state index is -0.626. The molecule has 0 radical (unpaired) electrons. The zero-order valence-electron chi connectivity index (χ0n) is 14.4. The molecule has 0 N–H and O–H groups in total. The maximum Gasteiger partial charge on any atom is 0.349 e. The van der Waals surface area contributed by atoms with Gasteiger partial charge in [0.1, 0.15) is 28.0 Å². The molecule has 7 heteroatoms. The van der Waals surface area contributed by atoms with Crippen molar-refractivity contribution in [2.24, 2.45) is 0 Å². The smallest absolute Gasteiger partial charge is 0.349 e. The number of carbonyl (C=O) groups excluding carboxylic acids is 1. The molecule has 0 spiro atoms. The van der Waals surface area contributed by atoms with Crippen molar-refractivity contribution in [2.45, 2.75) is 18.9 Å². The van der Waals surface area contributed by atoms with Gasteiger partial charge in [0, 0.05) is 30.4 Å². The van der Waals surface area contributed by atoms with Crippen LogP contribution in [0.25, 0.3) is 11.0 Å². The second kappa shape index (κ2) is 7.40. The Hall–Kier alpha value is -2.86. The predicted octanol–water partition coefficient (Wildman–Crippen LogP) is 3.53. The van der Waals surface area contributed by atoms with E-state index in [4.69, 9.17) is 20.8 Å². The number of carbonyl (C=O) groups is 1. The van der Waals surface area contributed by atoms with Crippen molar-refractivity contribution in [3.05, 3.63) is 69.8 Å². The van der Waals surface area contributed by atoms with Crippen LogP contribution in [0.3, 0.4) is 0 Å². The van der Waals surface area contributed by atoms with E-state index in [-0.39, 0.29) is 17.6 Å². The van der Waals surface area contributed by atoms with Crippen LogP contribution >= 0.6 is 11.6 Å². The summed E-state index contributed by atoms with van der Waals surface area (Å²) in [6.45, 7) is 0.943. The van der Waals surface area contributed by atoms with Crippen molar-refractivity contribution in [1.82, 2.24) is 9.88 Å². The fourth-order valence-electron chi connectivity index (χ4n) is 3.24. The van der Waals surface area contributed by atoms with E-state index >= 15 is 0 Å². The highest BCUT2D eigenvalue weighted by atomic mass is 35.5. The van der Waals surface area contributed by atoms with Gasteiger partial charge >= 0.3 is 5.63 Å². The van der Waals surface area contributed by atoms with Crippen LogP contribution in [0.2, 0.25) is 5.02 Å². The molecule has 1 saturated heterocycles. The Balaban J connectivity index is 1.54. The van der Waals surface area contributed by atoms with Gasteiger partial charge in [0.25, 0.3) is 5.91 Å². The number of fused-ring (bicyclic) bond motifs is 1. The van der Waals surface area contributed by atoms with Gasteiger partial charge in [-0.15, -0.1) is 0 Å². The van der Waals surface area contributed by atoms with Crippen LogP contribution < -0.4 is 10.4 Å². The van der Waals surface area contributed by atoms with Crippen molar-refractivity contribution < 1.29 is 13.9 Å². The Morgan fingerprint density at radius 2 is 2.15 bits per heavy atom. The number of piperidine rings is 1. The number of halogens is 1. The number of rotatable bonds is 3. The topological polar surface area (TPSA) is 72.6 Å². The normalized spacial score (nSPS) is 17.1. The molecule has 3 heterocycles. The number of para-hydroxylation sites is 1. The lowest BCUT2D eigenvalue weighted by Crippen LogP contribution is -2.45. The molecule has 1 aromatic carbocycles. The summed E-state index contributed by atoms with van der Waals surface area (Å²) in [4.78, 5) is 30.7. The zero-order valence-corrected chi connectivity index (χ0v) is 15.2. The Morgan fingerprint density at radius 1 is 1.30 bits per heavy atom. The number of hydrogen-bond donors (Lipinski definition) is 0. The van der Waals surface area contributed by atoms with E-state index in [0.717, 1.165) is 12.8 Å². The number of benzene rings is 1. The highest BCUT2D eigenvalue weighted by molar-refractivity contribution is 6.31. The van der Waals surface area contributed by atoms with Gasteiger partial charge in [0.05, 0.1) is 6.54 Å². The summed E-state index contributed by atoms with van der Waals surface area (Å²) in [6, 6.07) is 10.4. The van der Waals surface area contributed by atoms with Gasteiger partial charge in [-0.2, -0.15) is 0 Å². The summed E-state index contributed by atoms with van der Waals surface area (Å²) in [5, 5.41) is 1.14. The third-order valence-corrected chi connectivity index (χ3v) is 4.85. The first kappa shape index (κ1) is 17.5. The van der Waals surface area contributed by atoms with Crippen molar-refractivity contribution >= 4 is 28.5 Å². The molecule has 1 atom stereocenters. The maximum atomic E-state index is 12.9. The molecule has 1 aliphatic rings. The SMILES string of the molecule is O=C(c1cc2ccccc2oc1=O)N1CCC[C@H](Oc2ccncc2Cl)C1. The Morgan fingerprint density at radius 3 is 3.00 bits per heavy atom. The van der Waals surface area contributed by atoms with E-state index in [2.05, 4.69) is 4.98 Å². The largest absolute Gasteiger partial charge is 0.487 e. The predicted molar refractivity (Wildman–Crippen MR) is 101 cm³/mol. The van der Waals surface area contributed by atoms with Crippen LogP contribution in [0.1, 0.15) is 23.2 Å². The third-order valence-electron chi connectivity index (χ3n) is 4.57. The number of likely N-dealkylation sites (tertiary alicyclic amines) is 1. The van der Waals surface area contributed by atoms with Crippen LogP contribution in [0.4, 0.5) is 0 Å². The van der Waals surface area contributed by atoms with E-state index in [1.165, 1.54) is 6.20 Å². The average Bonchev–Trinajstić information content (AvgIpc) is 2.69.